The van der Waals surface area contributed by atoms with E-state index in [-0.39, 0.29) is 6.10 Å². The van der Waals surface area contributed by atoms with E-state index in [0.717, 1.165) is 30.6 Å². The van der Waals surface area contributed by atoms with E-state index in [1.54, 1.807) is 5.57 Å². The Hall–Kier alpha value is -0.300. The summed E-state index contributed by atoms with van der Waals surface area (Å²) in [5.74, 6) is 2.30. The van der Waals surface area contributed by atoms with E-state index in [1.807, 2.05) is 0 Å². The number of hydrogen-bond donors (Lipinski definition) is 1. The van der Waals surface area contributed by atoms with Crippen LogP contribution in [0.2, 0.25) is 0 Å². The molecule has 0 amide bonds. The largest absolute Gasteiger partial charge is 0.389 e. The van der Waals surface area contributed by atoms with E-state index in [0.29, 0.717) is 0 Å². The van der Waals surface area contributed by atoms with Gasteiger partial charge >= 0.3 is 0 Å². The molecule has 2 aliphatic carbocycles. The van der Waals surface area contributed by atoms with Gasteiger partial charge in [-0.3, -0.25) is 0 Å². The fraction of sp³-hybridized carbons (Fsp3) is 0.867. The van der Waals surface area contributed by atoms with Crippen LogP contribution in [0.4, 0.5) is 0 Å². The summed E-state index contributed by atoms with van der Waals surface area (Å²) < 4.78 is 0. The first-order valence-electron chi connectivity index (χ1n) is 7.01. The van der Waals surface area contributed by atoms with Crippen LogP contribution in [0.15, 0.2) is 11.1 Å². The number of hydrogen-bond acceptors (Lipinski definition) is 1. The second kappa shape index (κ2) is 4.91. The van der Waals surface area contributed by atoms with Gasteiger partial charge in [0, 0.05) is 0 Å². The maximum atomic E-state index is 10.1. The van der Waals surface area contributed by atoms with Crippen LogP contribution in [0.25, 0.3) is 0 Å². The van der Waals surface area contributed by atoms with Gasteiger partial charge in [0.25, 0.3) is 0 Å². The molecule has 0 aromatic heterocycles. The lowest BCUT2D eigenvalue weighted by Crippen LogP contribution is -2.29. The summed E-state index contributed by atoms with van der Waals surface area (Å²) in [6, 6.07) is 0. The molecule has 1 heteroatoms. The Bertz CT molecular complexity index is 277. The van der Waals surface area contributed by atoms with Crippen molar-refractivity contribution in [2.24, 2.45) is 17.8 Å². The van der Waals surface area contributed by atoms with Gasteiger partial charge in [-0.1, -0.05) is 26.3 Å². The Morgan fingerprint density at radius 1 is 1.00 bits per heavy atom. The summed E-state index contributed by atoms with van der Waals surface area (Å²) in [5, 5.41) is 10.1. The Kier molecular flexibility index (Phi) is 3.73. The number of aliphatic hydroxyl groups excluding tert-OH is 1. The maximum Gasteiger partial charge on any atom is 0.0752 e. The lowest BCUT2D eigenvalue weighted by Gasteiger charge is -2.38. The summed E-state index contributed by atoms with van der Waals surface area (Å²) >= 11 is 0. The van der Waals surface area contributed by atoms with Crippen molar-refractivity contribution in [2.75, 3.05) is 0 Å². The molecule has 16 heavy (non-hydrogen) atoms. The first kappa shape index (κ1) is 12.2. The Morgan fingerprint density at radius 2 is 1.62 bits per heavy atom. The molecule has 1 nitrogen and oxygen atoms in total. The monoisotopic (exact) mass is 222 g/mol. The average molecular weight is 222 g/mol. The van der Waals surface area contributed by atoms with Crippen LogP contribution in [-0.4, -0.2) is 11.2 Å². The van der Waals surface area contributed by atoms with Crippen molar-refractivity contribution >= 4 is 0 Å². The predicted molar refractivity (Wildman–Crippen MR) is 68.2 cm³/mol. The molecule has 0 aromatic carbocycles. The van der Waals surface area contributed by atoms with Crippen molar-refractivity contribution in [2.45, 2.75) is 65.4 Å². The Labute approximate surface area is 99.9 Å². The van der Waals surface area contributed by atoms with Gasteiger partial charge < -0.3 is 5.11 Å². The second-order valence-electron chi connectivity index (χ2n) is 6.06. The van der Waals surface area contributed by atoms with Crippen LogP contribution in [0.1, 0.15) is 59.3 Å². The molecule has 0 radical (unpaired) electrons. The highest BCUT2D eigenvalue weighted by atomic mass is 16.3. The zero-order chi connectivity index (χ0) is 11.7. The normalized spacial score (nSPS) is 32.8. The quantitative estimate of drug-likeness (QED) is 0.702. The first-order chi connectivity index (χ1) is 7.61. The third-order valence-corrected chi connectivity index (χ3v) is 4.83. The molecule has 0 aromatic rings. The van der Waals surface area contributed by atoms with Crippen LogP contribution in [0.5, 0.6) is 0 Å². The average Bonchev–Trinajstić information content (AvgIpc) is 2.28. The van der Waals surface area contributed by atoms with Gasteiger partial charge in [0.1, 0.15) is 0 Å². The lowest BCUT2D eigenvalue weighted by molar-refractivity contribution is 0.165. The molecular weight excluding hydrogens is 196 g/mol. The van der Waals surface area contributed by atoms with Crippen LogP contribution >= 0.6 is 0 Å². The van der Waals surface area contributed by atoms with Gasteiger partial charge in [0.15, 0.2) is 0 Å². The van der Waals surface area contributed by atoms with Gasteiger partial charge in [-0.2, -0.15) is 0 Å². The van der Waals surface area contributed by atoms with Crippen molar-refractivity contribution in [3.63, 3.8) is 0 Å². The van der Waals surface area contributed by atoms with Crippen LogP contribution in [0.3, 0.4) is 0 Å². The van der Waals surface area contributed by atoms with E-state index in [1.165, 1.54) is 31.3 Å². The molecule has 2 rings (SSSR count). The summed E-state index contributed by atoms with van der Waals surface area (Å²) in [6.45, 7) is 7.06. The SMILES string of the molecule is CC(C)C(C)C1CCCC2=C1CCCC2O. The molecule has 92 valence electrons. The smallest absolute Gasteiger partial charge is 0.0752 e. The zero-order valence-corrected chi connectivity index (χ0v) is 11.0. The Balaban J connectivity index is 2.23. The van der Waals surface area contributed by atoms with Crippen LogP contribution in [-0.2, 0) is 0 Å². The van der Waals surface area contributed by atoms with Gasteiger partial charge in [0.05, 0.1) is 6.10 Å². The van der Waals surface area contributed by atoms with Gasteiger partial charge in [-0.05, 0) is 61.9 Å². The fourth-order valence-electron chi connectivity index (χ4n) is 3.52. The topological polar surface area (TPSA) is 20.2 Å². The van der Waals surface area contributed by atoms with Crippen LogP contribution < -0.4 is 0 Å². The van der Waals surface area contributed by atoms with E-state index < -0.39 is 0 Å². The zero-order valence-electron chi connectivity index (χ0n) is 11.0. The van der Waals surface area contributed by atoms with Crippen molar-refractivity contribution in [3.8, 4) is 0 Å². The number of aliphatic hydroxyl groups is 1. The molecule has 3 atom stereocenters. The van der Waals surface area contributed by atoms with E-state index in [4.69, 9.17) is 0 Å². The van der Waals surface area contributed by atoms with Crippen molar-refractivity contribution in [3.05, 3.63) is 11.1 Å². The fourth-order valence-corrected chi connectivity index (χ4v) is 3.52. The second-order valence-corrected chi connectivity index (χ2v) is 6.06. The summed E-state index contributed by atoms with van der Waals surface area (Å²) in [6.07, 6.45) is 7.16. The molecular formula is C15H26O. The molecule has 3 unspecified atom stereocenters. The van der Waals surface area contributed by atoms with Crippen molar-refractivity contribution in [1.82, 2.24) is 0 Å². The molecule has 0 aliphatic heterocycles. The minimum absolute atomic E-state index is 0.106. The van der Waals surface area contributed by atoms with E-state index >= 15 is 0 Å². The first-order valence-corrected chi connectivity index (χ1v) is 7.01. The van der Waals surface area contributed by atoms with Gasteiger partial charge in [-0.25, -0.2) is 0 Å². The standard InChI is InChI=1S/C15H26O/c1-10(2)11(3)12-6-4-8-14-13(12)7-5-9-15(14)16/h10-12,15-16H,4-9H2,1-3H3. The predicted octanol–water partition coefficient (Wildman–Crippen LogP) is 3.92. The molecule has 2 aliphatic rings. The highest BCUT2D eigenvalue weighted by molar-refractivity contribution is 5.26. The molecule has 1 N–H and O–H groups in total. The highest BCUT2D eigenvalue weighted by Crippen LogP contribution is 2.43. The third-order valence-electron chi connectivity index (χ3n) is 4.83. The van der Waals surface area contributed by atoms with E-state index in [2.05, 4.69) is 20.8 Å². The number of rotatable bonds is 2. The van der Waals surface area contributed by atoms with Crippen LogP contribution in [0, 0.1) is 17.8 Å². The number of allylic oxidation sites excluding steroid dienone is 1. The molecule has 0 bridgehead atoms. The van der Waals surface area contributed by atoms with Crippen molar-refractivity contribution < 1.29 is 5.11 Å². The minimum atomic E-state index is -0.106. The molecule has 0 saturated carbocycles. The molecule has 0 fully saturated rings. The molecule has 0 saturated heterocycles. The maximum absolute atomic E-state index is 10.1. The lowest BCUT2D eigenvalue weighted by atomic mass is 9.68. The van der Waals surface area contributed by atoms with Crippen molar-refractivity contribution in [1.29, 1.82) is 0 Å². The molecule has 0 spiro atoms. The summed E-state index contributed by atoms with van der Waals surface area (Å²) in [4.78, 5) is 0. The Morgan fingerprint density at radius 3 is 2.31 bits per heavy atom. The minimum Gasteiger partial charge on any atom is -0.389 e. The van der Waals surface area contributed by atoms with Gasteiger partial charge in [-0.15, -0.1) is 0 Å². The molecule has 0 heterocycles. The summed E-state index contributed by atoms with van der Waals surface area (Å²) in [7, 11) is 0. The highest BCUT2D eigenvalue weighted by Gasteiger charge is 2.32. The summed E-state index contributed by atoms with van der Waals surface area (Å²) in [5.41, 5.74) is 3.07. The van der Waals surface area contributed by atoms with E-state index in [9.17, 15) is 5.11 Å². The third kappa shape index (κ3) is 2.20. The van der Waals surface area contributed by atoms with Gasteiger partial charge in [0.2, 0.25) is 0 Å².